The smallest absolute Gasteiger partial charge is 0.137 e. The van der Waals surface area contributed by atoms with Gasteiger partial charge in [-0.1, -0.05) is 29.8 Å². The summed E-state index contributed by atoms with van der Waals surface area (Å²) < 4.78 is 13.7. The lowest BCUT2D eigenvalue weighted by molar-refractivity contribution is 0.631. The number of aromatic nitrogens is 1. The molecule has 2 nitrogen and oxygen atoms in total. The van der Waals surface area contributed by atoms with E-state index in [-0.39, 0.29) is 17.4 Å². The Labute approximate surface area is 103 Å². The maximum Gasteiger partial charge on any atom is 0.137 e. The minimum absolute atomic E-state index is 0.173. The van der Waals surface area contributed by atoms with Crippen molar-refractivity contribution >= 4 is 11.6 Å². The van der Waals surface area contributed by atoms with Crippen molar-refractivity contribution in [3.8, 4) is 17.2 Å². The van der Waals surface area contributed by atoms with E-state index < -0.39 is 0 Å². The molecular weight excluding hydrogens is 239 g/mol. The summed E-state index contributed by atoms with van der Waals surface area (Å²) in [7, 11) is 0. The number of benzene rings is 1. The van der Waals surface area contributed by atoms with Gasteiger partial charge in [0.2, 0.25) is 0 Å². The number of halogens is 2. The fraction of sp³-hybridized carbons (Fsp3) is 0.0769. The molecule has 1 heterocycles. The van der Waals surface area contributed by atoms with E-state index in [2.05, 4.69) is 4.98 Å². The second-order valence-electron chi connectivity index (χ2n) is 3.45. The van der Waals surface area contributed by atoms with Crippen molar-refractivity contribution in [2.45, 2.75) is 6.42 Å². The van der Waals surface area contributed by atoms with Crippen LogP contribution < -0.4 is 0 Å². The van der Waals surface area contributed by atoms with Crippen molar-refractivity contribution in [1.29, 1.82) is 5.26 Å². The van der Waals surface area contributed by atoms with Crippen molar-refractivity contribution in [2.24, 2.45) is 0 Å². The van der Waals surface area contributed by atoms with Crippen molar-refractivity contribution in [3.63, 3.8) is 0 Å². The monoisotopic (exact) mass is 246 g/mol. The fourth-order valence-electron chi connectivity index (χ4n) is 1.65. The summed E-state index contributed by atoms with van der Waals surface area (Å²) in [6.45, 7) is 0. The number of pyridine rings is 1. The van der Waals surface area contributed by atoms with Crippen LogP contribution in [-0.2, 0) is 6.42 Å². The van der Waals surface area contributed by atoms with E-state index in [0.717, 1.165) is 0 Å². The first kappa shape index (κ1) is 11.6. The molecule has 2 rings (SSSR count). The zero-order valence-corrected chi connectivity index (χ0v) is 9.58. The van der Waals surface area contributed by atoms with Crippen LogP contribution in [0.15, 0.2) is 36.5 Å². The molecule has 0 N–H and O–H groups in total. The Morgan fingerprint density at radius 1 is 1.29 bits per heavy atom. The summed E-state index contributed by atoms with van der Waals surface area (Å²) in [5.74, 6) is -0.374. The fourth-order valence-corrected chi connectivity index (χ4v) is 1.93. The Morgan fingerprint density at radius 3 is 2.76 bits per heavy atom. The molecule has 84 valence electrons. The zero-order chi connectivity index (χ0) is 12.3. The van der Waals surface area contributed by atoms with Gasteiger partial charge < -0.3 is 0 Å². The van der Waals surface area contributed by atoms with E-state index in [4.69, 9.17) is 16.9 Å². The molecule has 0 aliphatic carbocycles. The molecule has 1 aromatic heterocycles. The van der Waals surface area contributed by atoms with Crippen LogP contribution in [0.4, 0.5) is 4.39 Å². The Hall–Kier alpha value is -1.92. The highest BCUT2D eigenvalue weighted by Gasteiger charge is 2.13. The molecule has 0 saturated heterocycles. The van der Waals surface area contributed by atoms with E-state index in [1.807, 2.05) is 6.07 Å². The van der Waals surface area contributed by atoms with Crippen molar-refractivity contribution < 1.29 is 4.39 Å². The van der Waals surface area contributed by atoms with Crippen LogP contribution in [0, 0.1) is 17.1 Å². The molecule has 0 saturated carbocycles. The predicted molar refractivity (Wildman–Crippen MR) is 64.0 cm³/mol. The minimum Gasteiger partial charge on any atom is -0.244 e. The molecule has 0 bridgehead atoms. The molecule has 0 aliphatic rings. The van der Waals surface area contributed by atoms with Crippen LogP contribution >= 0.6 is 11.6 Å². The van der Waals surface area contributed by atoms with Crippen LogP contribution in [0.1, 0.15) is 5.56 Å². The van der Waals surface area contributed by atoms with Crippen molar-refractivity contribution in [1.82, 2.24) is 4.98 Å². The third-order valence-corrected chi connectivity index (χ3v) is 2.69. The van der Waals surface area contributed by atoms with Gasteiger partial charge in [-0.05, 0) is 17.7 Å². The Bertz CT molecular complexity index is 590. The van der Waals surface area contributed by atoms with Crippen LogP contribution in [0.5, 0.6) is 0 Å². The summed E-state index contributed by atoms with van der Waals surface area (Å²) in [5, 5.41) is 8.95. The lowest BCUT2D eigenvalue weighted by Gasteiger charge is -2.09. The molecule has 0 radical (unpaired) electrons. The highest BCUT2D eigenvalue weighted by atomic mass is 35.5. The summed E-state index contributed by atoms with van der Waals surface area (Å²) in [5.41, 5.74) is 1.54. The molecule has 2 aromatic rings. The van der Waals surface area contributed by atoms with Gasteiger partial charge in [-0.15, -0.1) is 0 Å². The predicted octanol–water partition coefficient (Wildman–Crippen LogP) is 3.61. The van der Waals surface area contributed by atoms with Gasteiger partial charge in [0.05, 0.1) is 12.5 Å². The first-order valence-electron chi connectivity index (χ1n) is 4.99. The van der Waals surface area contributed by atoms with Crippen LogP contribution in [0.3, 0.4) is 0 Å². The number of hydrogen-bond acceptors (Lipinski definition) is 2. The molecule has 0 amide bonds. The summed E-state index contributed by atoms with van der Waals surface area (Å²) in [4.78, 5) is 3.93. The molecule has 0 unspecified atom stereocenters. The van der Waals surface area contributed by atoms with Crippen molar-refractivity contribution in [2.75, 3.05) is 0 Å². The van der Waals surface area contributed by atoms with E-state index in [0.29, 0.717) is 16.7 Å². The second kappa shape index (κ2) is 4.94. The third kappa shape index (κ3) is 2.27. The Balaban J connectivity index is 2.67. The van der Waals surface area contributed by atoms with E-state index in [1.54, 1.807) is 24.3 Å². The van der Waals surface area contributed by atoms with Crippen LogP contribution in [0.25, 0.3) is 11.1 Å². The minimum atomic E-state index is -0.374. The topological polar surface area (TPSA) is 36.7 Å². The summed E-state index contributed by atoms with van der Waals surface area (Å²) >= 11 is 5.98. The average molecular weight is 247 g/mol. The molecule has 17 heavy (non-hydrogen) atoms. The van der Waals surface area contributed by atoms with Gasteiger partial charge in [-0.25, -0.2) is 9.37 Å². The quantitative estimate of drug-likeness (QED) is 0.759. The van der Waals surface area contributed by atoms with Crippen LogP contribution in [0.2, 0.25) is 5.15 Å². The number of hydrogen-bond donors (Lipinski definition) is 0. The second-order valence-corrected chi connectivity index (χ2v) is 3.81. The summed E-state index contributed by atoms with van der Waals surface area (Å²) in [6, 6.07) is 10.0. The molecular formula is C13H8ClFN2. The summed E-state index contributed by atoms with van der Waals surface area (Å²) in [6.07, 6.45) is 1.69. The number of rotatable bonds is 2. The van der Waals surface area contributed by atoms with Gasteiger partial charge in [0, 0.05) is 17.3 Å². The van der Waals surface area contributed by atoms with Gasteiger partial charge in [0.15, 0.2) is 0 Å². The highest BCUT2D eigenvalue weighted by molar-refractivity contribution is 6.32. The van der Waals surface area contributed by atoms with Gasteiger partial charge in [0.25, 0.3) is 0 Å². The van der Waals surface area contributed by atoms with Gasteiger partial charge in [-0.3, -0.25) is 0 Å². The van der Waals surface area contributed by atoms with E-state index >= 15 is 0 Å². The largest absolute Gasteiger partial charge is 0.244 e. The maximum absolute atomic E-state index is 13.7. The Kier molecular flexibility index (Phi) is 3.36. The molecule has 0 atom stereocenters. The molecule has 0 spiro atoms. The van der Waals surface area contributed by atoms with Crippen LogP contribution in [-0.4, -0.2) is 4.98 Å². The third-order valence-electron chi connectivity index (χ3n) is 2.40. The molecule has 0 fully saturated rings. The number of nitriles is 1. The SMILES string of the molecule is N#CCc1ccnc(Cl)c1-c1ccccc1F. The maximum atomic E-state index is 13.7. The first-order valence-corrected chi connectivity index (χ1v) is 5.37. The molecule has 4 heteroatoms. The lowest BCUT2D eigenvalue weighted by atomic mass is 10.00. The standard InChI is InChI=1S/C13H8ClFN2/c14-13-12(9(5-7-16)6-8-17-13)10-3-1-2-4-11(10)15/h1-4,6,8H,5H2. The zero-order valence-electron chi connectivity index (χ0n) is 8.82. The number of nitrogens with zero attached hydrogens (tertiary/aromatic N) is 2. The van der Waals surface area contributed by atoms with E-state index in [9.17, 15) is 4.39 Å². The Morgan fingerprint density at radius 2 is 2.06 bits per heavy atom. The van der Waals surface area contributed by atoms with E-state index in [1.165, 1.54) is 12.3 Å². The average Bonchev–Trinajstić information content (AvgIpc) is 2.31. The van der Waals surface area contributed by atoms with Gasteiger partial charge in [0.1, 0.15) is 11.0 Å². The lowest BCUT2D eigenvalue weighted by Crippen LogP contribution is -1.94. The first-order chi connectivity index (χ1) is 8.24. The van der Waals surface area contributed by atoms with Gasteiger partial charge in [-0.2, -0.15) is 5.26 Å². The van der Waals surface area contributed by atoms with Crippen molar-refractivity contribution in [3.05, 3.63) is 53.1 Å². The molecule has 0 aliphatic heterocycles. The highest BCUT2D eigenvalue weighted by Crippen LogP contribution is 2.31. The van der Waals surface area contributed by atoms with Gasteiger partial charge >= 0.3 is 0 Å². The molecule has 1 aromatic carbocycles. The normalized spacial score (nSPS) is 9.94.